The molecule has 0 aromatic heterocycles. The van der Waals surface area contributed by atoms with Gasteiger partial charge in [0.1, 0.15) is 6.54 Å². The lowest BCUT2D eigenvalue weighted by Crippen LogP contribution is -2.39. The fourth-order valence-corrected chi connectivity index (χ4v) is 5.17. The van der Waals surface area contributed by atoms with Crippen LogP contribution in [0.5, 0.6) is 0 Å². The number of nitrogens with one attached hydrogen (secondary N) is 1. The SMILES string of the molecule is COC(=O)CN1C(=O)C(C)(C)c2cc(S(=O)(=O)NC3CCCCC3)ccc21. The normalized spacial score (nSPS) is 19.8. The Hall–Kier alpha value is -1.93. The third kappa shape index (κ3) is 3.73. The van der Waals surface area contributed by atoms with E-state index >= 15 is 0 Å². The van der Waals surface area contributed by atoms with Crippen LogP contribution in [0.3, 0.4) is 0 Å². The van der Waals surface area contributed by atoms with E-state index in [0.29, 0.717) is 11.3 Å². The zero-order valence-electron chi connectivity index (χ0n) is 15.9. The lowest BCUT2D eigenvalue weighted by atomic mass is 9.86. The number of hydrogen-bond acceptors (Lipinski definition) is 5. The summed E-state index contributed by atoms with van der Waals surface area (Å²) in [5.74, 6) is -0.777. The first-order valence-electron chi connectivity index (χ1n) is 9.22. The quantitative estimate of drug-likeness (QED) is 0.772. The maximum Gasteiger partial charge on any atom is 0.325 e. The molecule has 8 heteroatoms. The number of esters is 1. The molecule has 1 aromatic rings. The third-order valence-corrected chi connectivity index (χ3v) is 6.98. The molecule has 0 radical (unpaired) electrons. The monoisotopic (exact) mass is 394 g/mol. The maximum absolute atomic E-state index is 12.8. The highest BCUT2D eigenvalue weighted by molar-refractivity contribution is 7.89. The van der Waals surface area contributed by atoms with Gasteiger partial charge in [0.15, 0.2) is 0 Å². The number of methoxy groups -OCH3 is 1. The van der Waals surface area contributed by atoms with Gasteiger partial charge in [0.05, 0.1) is 17.4 Å². The second-order valence-electron chi connectivity index (χ2n) is 7.73. The summed E-state index contributed by atoms with van der Waals surface area (Å²) >= 11 is 0. The largest absolute Gasteiger partial charge is 0.468 e. The molecule has 1 fully saturated rings. The number of carbonyl (C=O) groups excluding carboxylic acids is 2. The smallest absolute Gasteiger partial charge is 0.325 e. The van der Waals surface area contributed by atoms with Crippen LogP contribution in [-0.4, -0.2) is 40.0 Å². The Morgan fingerprint density at radius 2 is 1.93 bits per heavy atom. The minimum absolute atomic E-state index is 0.0394. The van der Waals surface area contributed by atoms with E-state index in [4.69, 9.17) is 0 Å². The average molecular weight is 394 g/mol. The Labute approximate surface area is 160 Å². The second kappa shape index (κ2) is 7.24. The van der Waals surface area contributed by atoms with E-state index in [1.807, 2.05) is 0 Å². The summed E-state index contributed by atoms with van der Waals surface area (Å²) in [6.07, 6.45) is 4.90. The summed E-state index contributed by atoms with van der Waals surface area (Å²) in [7, 11) is -2.40. The summed E-state index contributed by atoms with van der Waals surface area (Å²) in [5, 5.41) is 0. The Kier molecular flexibility index (Phi) is 5.31. The van der Waals surface area contributed by atoms with Crippen LogP contribution in [-0.2, 0) is 29.8 Å². The molecule has 1 saturated carbocycles. The van der Waals surface area contributed by atoms with Crippen LogP contribution in [0.15, 0.2) is 23.1 Å². The van der Waals surface area contributed by atoms with Crippen molar-refractivity contribution in [3.8, 4) is 0 Å². The van der Waals surface area contributed by atoms with Gasteiger partial charge in [-0.15, -0.1) is 0 Å². The van der Waals surface area contributed by atoms with Gasteiger partial charge in [-0.05, 0) is 50.5 Å². The van der Waals surface area contributed by atoms with Crippen LogP contribution < -0.4 is 9.62 Å². The van der Waals surface area contributed by atoms with Crippen LogP contribution in [0.2, 0.25) is 0 Å². The van der Waals surface area contributed by atoms with Gasteiger partial charge in [0, 0.05) is 11.7 Å². The van der Waals surface area contributed by atoms with Gasteiger partial charge in [-0.2, -0.15) is 0 Å². The zero-order chi connectivity index (χ0) is 19.8. The number of sulfonamides is 1. The Balaban J connectivity index is 1.92. The number of rotatable bonds is 5. The molecule has 1 N–H and O–H groups in total. The number of benzene rings is 1. The highest BCUT2D eigenvalue weighted by Crippen LogP contribution is 2.42. The van der Waals surface area contributed by atoms with Crippen LogP contribution in [0.1, 0.15) is 51.5 Å². The topological polar surface area (TPSA) is 92.8 Å². The molecule has 0 bridgehead atoms. The predicted octanol–water partition coefficient (Wildman–Crippen LogP) is 2.09. The molecule has 27 heavy (non-hydrogen) atoms. The van der Waals surface area contributed by atoms with E-state index in [0.717, 1.165) is 32.1 Å². The van der Waals surface area contributed by atoms with Crippen molar-refractivity contribution in [1.82, 2.24) is 4.72 Å². The minimum Gasteiger partial charge on any atom is -0.468 e. The number of carbonyl (C=O) groups is 2. The third-order valence-electron chi connectivity index (χ3n) is 5.46. The average Bonchev–Trinajstić information content (AvgIpc) is 2.82. The molecular weight excluding hydrogens is 368 g/mol. The highest BCUT2D eigenvalue weighted by Gasteiger charge is 2.45. The van der Waals surface area contributed by atoms with Crippen molar-refractivity contribution in [2.24, 2.45) is 0 Å². The van der Waals surface area contributed by atoms with Crippen LogP contribution in [0.25, 0.3) is 0 Å². The molecule has 3 rings (SSSR count). The second-order valence-corrected chi connectivity index (χ2v) is 9.44. The summed E-state index contributed by atoms with van der Waals surface area (Å²) in [6.45, 7) is 3.27. The summed E-state index contributed by atoms with van der Waals surface area (Å²) in [5.41, 5.74) is 0.231. The number of hydrogen-bond donors (Lipinski definition) is 1. The van der Waals surface area contributed by atoms with E-state index < -0.39 is 21.4 Å². The number of fused-ring (bicyclic) bond motifs is 1. The molecule has 0 atom stereocenters. The van der Waals surface area contributed by atoms with Gasteiger partial charge in [-0.3, -0.25) is 9.59 Å². The Morgan fingerprint density at radius 3 is 2.56 bits per heavy atom. The minimum atomic E-state index is -3.67. The van der Waals surface area contributed by atoms with E-state index in [2.05, 4.69) is 9.46 Å². The van der Waals surface area contributed by atoms with E-state index in [9.17, 15) is 18.0 Å². The lowest BCUT2D eigenvalue weighted by molar-refractivity contribution is -0.140. The van der Waals surface area contributed by atoms with Crippen molar-refractivity contribution in [1.29, 1.82) is 0 Å². The van der Waals surface area contributed by atoms with Crippen molar-refractivity contribution >= 4 is 27.6 Å². The first-order chi connectivity index (χ1) is 12.7. The molecule has 2 aliphatic rings. The van der Waals surface area contributed by atoms with E-state index in [1.165, 1.54) is 18.1 Å². The Morgan fingerprint density at radius 1 is 1.26 bits per heavy atom. The molecule has 7 nitrogen and oxygen atoms in total. The number of amides is 1. The maximum atomic E-state index is 12.8. The molecule has 1 aliphatic carbocycles. The fourth-order valence-electron chi connectivity index (χ4n) is 3.84. The van der Waals surface area contributed by atoms with Crippen LogP contribution in [0.4, 0.5) is 5.69 Å². The number of nitrogens with zero attached hydrogens (tertiary/aromatic N) is 1. The van der Waals surface area contributed by atoms with Gasteiger partial charge in [0.2, 0.25) is 15.9 Å². The fraction of sp³-hybridized carbons (Fsp3) is 0.579. The van der Waals surface area contributed by atoms with Gasteiger partial charge in [-0.25, -0.2) is 13.1 Å². The van der Waals surface area contributed by atoms with Crippen molar-refractivity contribution < 1.29 is 22.7 Å². The lowest BCUT2D eigenvalue weighted by Gasteiger charge is -2.23. The number of anilines is 1. The molecule has 148 valence electrons. The number of ether oxygens (including phenoxy) is 1. The summed E-state index contributed by atoms with van der Waals surface area (Å²) in [4.78, 5) is 25.9. The van der Waals surface area contributed by atoms with E-state index in [1.54, 1.807) is 26.0 Å². The van der Waals surface area contributed by atoms with Crippen LogP contribution in [0, 0.1) is 0 Å². The van der Waals surface area contributed by atoms with Gasteiger partial charge in [0.25, 0.3) is 0 Å². The molecule has 1 aromatic carbocycles. The van der Waals surface area contributed by atoms with Gasteiger partial charge >= 0.3 is 5.97 Å². The van der Waals surface area contributed by atoms with Crippen molar-refractivity contribution in [2.75, 3.05) is 18.6 Å². The molecule has 1 amide bonds. The highest BCUT2D eigenvalue weighted by atomic mass is 32.2. The van der Waals surface area contributed by atoms with Crippen molar-refractivity contribution in [3.63, 3.8) is 0 Å². The molecule has 0 spiro atoms. The molecule has 1 heterocycles. The molecular formula is C19H26N2O5S. The Bertz CT molecular complexity index is 857. The van der Waals surface area contributed by atoms with Crippen molar-refractivity contribution in [3.05, 3.63) is 23.8 Å². The summed E-state index contributed by atoms with van der Waals surface area (Å²) in [6, 6.07) is 4.60. The first kappa shape index (κ1) is 19.8. The van der Waals surface area contributed by atoms with E-state index in [-0.39, 0.29) is 23.4 Å². The zero-order valence-corrected chi connectivity index (χ0v) is 16.8. The molecule has 0 unspecified atom stereocenters. The van der Waals surface area contributed by atoms with Crippen molar-refractivity contribution in [2.45, 2.75) is 62.3 Å². The van der Waals surface area contributed by atoms with Gasteiger partial charge in [-0.1, -0.05) is 19.3 Å². The van der Waals surface area contributed by atoms with Crippen LogP contribution >= 0.6 is 0 Å². The molecule has 1 aliphatic heterocycles. The molecule has 0 saturated heterocycles. The van der Waals surface area contributed by atoms with Gasteiger partial charge < -0.3 is 9.64 Å². The predicted molar refractivity (Wildman–Crippen MR) is 101 cm³/mol. The first-order valence-corrected chi connectivity index (χ1v) is 10.7. The standard InChI is InChI=1S/C19H26N2O5S/c1-19(2)15-11-14(27(24,25)20-13-7-5-4-6-8-13)9-10-16(15)21(18(19)23)12-17(22)26-3/h9-11,13,20H,4-8,12H2,1-3H3. The summed E-state index contributed by atoms with van der Waals surface area (Å²) < 4.78 is 33.1.